The van der Waals surface area contributed by atoms with E-state index < -0.39 is 11.9 Å². The minimum atomic E-state index is -0.835. The Morgan fingerprint density at radius 1 is 0.885 bits per heavy atom. The van der Waals surface area contributed by atoms with Gasteiger partial charge in [0.15, 0.2) is 5.78 Å². The number of aliphatic carboxylic acids is 1. The molecular weight excluding hydrogens is 330 g/mol. The van der Waals surface area contributed by atoms with Crippen LogP contribution in [0.5, 0.6) is 0 Å². The maximum atomic E-state index is 12.5. The average molecular weight is 351 g/mol. The van der Waals surface area contributed by atoms with E-state index in [2.05, 4.69) is 5.32 Å². The van der Waals surface area contributed by atoms with Gasteiger partial charge in [-0.05, 0) is 31.4 Å². The van der Waals surface area contributed by atoms with Crippen LogP contribution in [0.2, 0.25) is 0 Å². The van der Waals surface area contributed by atoms with Crippen LogP contribution >= 0.6 is 0 Å². The SMILES string of the molecule is O=C(c1ccccc1)c1cccc(NC(=O)C2CCCC(C(=O)O)C2)c1. The summed E-state index contributed by atoms with van der Waals surface area (Å²) in [6.07, 6.45) is 2.42. The molecule has 0 aromatic heterocycles. The number of carbonyl (C=O) groups is 3. The van der Waals surface area contributed by atoms with Crippen LogP contribution in [-0.4, -0.2) is 22.8 Å². The molecule has 0 radical (unpaired) electrons. The van der Waals surface area contributed by atoms with Gasteiger partial charge in [0.1, 0.15) is 0 Å². The summed E-state index contributed by atoms with van der Waals surface area (Å²) in [5.41, 5.74) is 1.64. The van der Waals surface area contributed by atoms with Crippen molar-refractivity contribution in [3.8, 4) is 0 Å². The largest absolute Gasteiger partial charge is 0.481 e. The molecule has 2 N–H and O–H groups in total. The third-order valence-electron chi connectivity index (χ3n) is 4.82. The summed E-state index contributed by atoms with van der Waals surface area (Å²) in [5.74, 6) is -1.88. The molecule has 2 aromatic carbocycles. The van der Waals surface area contributed by atoms with Gasteiger partial charge in [-0.25, -0.2) is 0 Å². The van der Waals surface area contributed by atoms with Crippen molar-refractivity contribution >= 4 is 23.3 Å². The second kappa shape index (κ2) is 7.95. The summed E-state index contributed by atoms with van der Waals surface area (Å²) in [7, 11) is 0. The van der Waals surface area contributed by atoms with Gasteiger partial charge in [-0.2, -0.15) is 0 Å². The van der Waals surface area contributed by atoms with E-state index in [0.717, 1.165) is 6.42 Å². The maximum absolute atomic E-state index is 12.5. The molecule has 1 saturated carbocycles. The van der Waals surface area contributed by atoms with Gasteiger partial charge in [0.25, 0.3) is 0 Å². The van der Waals surface area contributed by atoms with Crippen LogP contribution in [0.4, 0.5) is 5.69 Å². The van der Waals surface area contributed by atoms with Gasteiger partial charge in [-0.1, -0.05) is 48.9 Å². The van der Waals surface area contributed by atoms with E-state index in [1.54, 1.807) is 48.5 Å². The average Bonchev–Trinajstić information content (AvgIpc) is 2.68. The van der Waals surface area contributed by atoms with Crippen molar-refractivity contribution < 1.29 is 19.5 Å². The summed E-state index contributed by atoms with van der Waals surface area (Å²) in [5, 5.41) is 12.0. The van der Waals surface area contributed by atoms with Crippen molar-refractivity contribution in [1.82, 2.24) is 0 Å². The molecule has 2 unspecified atom stereocenters. The number of ketones is 1. The second-order valence-electron chi connectivity index (χ2n) is 6.66. The van der Waals surface area contributed by atoms with Crippen molar-refractivity contribution in [2.45, 2.75) is 25.7 Å². The van der Waals surface area contributed by atoms with Crippen molar-refractivity contribution in [1.29, 1.82) is 0 Å². The fraction of sp³-hybridized carbons (Fsp3) is 0.286. The van der Waals surface area contributed by atoms with Gasteiger partial charge < -0.3 is 10.4 Å². The van der Waals surface area contributed by atoms with Crippen molar-refractivity contribution in [3.05, 3.63) is 65.7 Å². The lowest BCUT2D eigenvalue weighted by molar-refractivity contribution is -0.143. The van der Waals surface area contributed by atoms with Crippen LogP contribution in [0.3, 0.4) is 0 Å². The number of carboxylic acid groups (broad SMARTS) is 1. The number of anilines is 1. The molecule has 0 heterocycles. The van der Waals surface area contributed by atoms with E-state index in [1.165, 1.54) is 0 Å². The normalized spacial score (nSPS) is 19.5. The lowest BCUT2D eigenvalue weighted by atomic mass is 9.81. The highest BCUT2D eigenvalue weighted by atomic mass is 16.4. The molecule has 5 nitrogen and oxygen atoms in total. The van der Waals surface area contributed by atoms with Crippen LogP contribution in [0.1, 0.15) is 41.6 Å². The number of amides is 1. The topological polar surface area (TPSA) is 83.5 Å². The quantitative estimate of drug-likeness (QED) is 0.804. The highest BCUT2D eigenvalue weighted by molar-refractivity contribution is 6.09. The molecule has 1 aliphatic carbocycles. The first-order valence-electron chi connectivity index (χ1n) is 8.78. The molecule has 5 heteroatoms. The summed E-state index contributed by atoms with van der Waals surface area (Å²) >= 11 is 0. The van der Waals surface area contributed by atoms with Crippen LogP contribution in [0, 0.1) is 11.8 Å². The molecular formula is C21H21NO4. The van der Waals surface area contributed by atoms with Crippen molar-refractivity contribution in [2.24, 2.45) is 11.8 Å². The number of hydrogen-bond donors (Lipinski definition) is 2. The van der Waals surface area contributed by atoms with Crippen LogP contribution in [-0.2, 0) is 9.59 Å². The Labute approximate surface area is 152 Å². The van der Waals surface area contributed by atoms with Gasteiger partial charge in [-0.15, -0.1) is 0 Å². The molecule has 2 aromatic rings. The maximum Gasteiger partial charge on any atom is 0.306 e. The molecule has 1 aliphatic rings. The van der Waals surface area contributed by atoms with Crippen molar-refractivity contribution in [2.75, 3.05) is 5.32 Å². The zero-order chi connectivity index (χ0) is 18.5. The molecule has 26 heavy (non-hydrogen) atoms. The fourth-order valence-corrected chi connectivity index (χ4v) is 3.39. The smallest absolute Gasteiger partial charge is 0.306 e. The van der Waals surface area contributed by atoms with E-state index in [4.69, 9.17) is 5.11 Å². The molecule has 134 valence electrons. The first-order chi connectivity index (χ1) is 12.5. The summed E-state index contributed by atoms with van der Waals surface area (Å²) in [6.45, 7) is 0. The number of rotatable bonds is 5. The minimum absolute atomic E-state index is 0.106. The molecule has 1 fully saturated rings. The predicted octanol–water partition coefficient (Wildman–Crippen LogP) is 3.75. The van der Waals surface area contributed by atoms with E-state index in [-0.39, 0.29) is 17.6 Å². The van der Waals surface area contributed by atoms with E-state index in [1.807, 2.05) is 6.07 Å². The zero-order valence-corrected chi connectivity index (χ0v) is 14.4. The first kappa shape index (κ1) is 17.9. The highest BCUT2D eigenvalue weighted by Gasteiger charge is 2.31. The number of benzene rings is 2. The van der Waals surface area contributed by atoms with E-state index in [0.29, 0.717) is 36.1 Å². The van der Waals surface area contributed by atoms with Gasteiger partial charge in [0.2, 0.25) is 5.91 Å². The third kappa shape index (κ3) is 4.17. The summed E-state index contributed by atoms with van der Waals surface area (Å²) in [6, 6.07) is 15.8. The minimum Gasteiger partial charge on any atom is -0.481 e. The Balaban J connectivity index is 1.69. The number of nitrogens with one attached hydrogen (secondary N) is 1. The second-order valence-corrected chi connectivity index (χ2v) is 6.66. The molecule has 3 rings (SSSR count). The Morgan fingerprint density at radius 3 is 2.31 bits per heavy atom. The molecule has 0 aliphatic heterocycles. The Morgan fingerprint density at radius 2 is 1.58 bits per heavy atom. The van der Waals surface area contributed by atoms with Gasteiger partial charge >= 0.3 is 5.97 Å². The number of hydrogen-bond acceptors (Lipinski definition) is 3. The number of carboxylic acids is 1. The van der Waals surface area contributed by atoms with Gasteiger partial charge in [0.05, 0.1) is 5.92 Å². The van der Waals surface area contributed by atoms with E-state index in [9.17, 15) is 14.4 Å². The zero-order valence-electron chi connectivity index (χ0n) is 14.4. The van der Waals surface area contributed by atoms with Crippen LogP contribution < -0.4 is 5.32 Å². The first-order valence-corrected chi connectivity index (χ1v) is 8.78. The molecule has 0 bridgehead atoms. The van der Waals surface area contributed by atoms with Crippen molar-refractivity contribution in [3.63, 3.8) is 0 Å². The fourth-order valence-electron chi connectivity index (χ4n) is 3.39. The summed E-state index contributed by atoms with van der Waals surface area (Å²) < 4.78 is 0. The lowest BCUT2D eigenvalue weighted by Gasteiger charge is -2.25. The molecule has 0 spiro atoms. The standard InChI is InChI=1S/C21H21NO4/c23-19(14-6-2-1-3-7-14)15-8-5-11-18(13-15)22-20(24)16-9-4-10-17(12-16)21(25)26/h1-3,5-8,11,13,16-17H,4,9-10,12H2,(H,22,24)(H,25,26). The molecule has 0 saturated heterocycles. The molecule has 1 amide bonds. The third-order valence-corrected chi connectivity index (χ3v) is 4.82. The molecule has 2 atom stereocenters. The Bertz CT molecular complexity index is 816. The Kier molecular flexibility index (Phi) is 5.46. The highest BCUT2D eigenvalue weighted by Crippen LogP contribution is 2.30. The van der Waals surface area contributed by atoms with E-state index >= 15 is 0 Å². The van der Waals surface area contributed by atoms with Gasteiger partial charge in [0, 0.05) is 22.7 Å². The summed E-state index contributed by atoms with van der Waals surface area (Å²) in [4.78, 5) is 36.2. The van der Waals surface area contributed by atoms with Crippen LogP contribution in [0.25, 0.3) is 0 Å². The predicted molar refractivity (Wildman–Crippen MR) is 98.0 cm³/mol. The lowest BCUT2D eigenvalue weighted by Crippen LogP contribution is -2.30. The number of carbonyl (C=O) groups excluding carboxylic acids is 2. The monoisotopic (exact) mass is 351 g/mol. The Hall–Kier alpha value is -2.95. The van der Waals surface area contributed by atoms with Crippen LogP contribution in [0.15, 0.2) is 54.6 Å². The van der Waals surface area contributed by atoms with Gasteiger partial charge in [-0.3, -0.25) is 14.4 Å².